The van der Waals surface area contributed by atoms with Gasteiger partial charge in [-0.2, -0.15) is 0 Å². The Balaban J connectivity index is 1.56. The number of methoxy groups -OCH3 is 1. The van der Waals surface area contributed by atoms with Gasteiger partial charge in [-0.1, -0.05) is 18.2 Å². The highest BCUT2D eigenvalue weighted by Crippen LogP contribution is 2.22. The number of halogens is 1. The molecule has 0 bridgehead atoms. The van der Waals surface area contributed by atoms with Gasteiger partial charge < -0.3 is 14.8 Å². The maximum absolute atomic E-state index is 13.1. The van der Waals surface area contributed by atoms with Gasteiger partial charge in [0.2, 0.25) is 5.91 Å². The molecule has 2 aromatic rings. The number of anilines is 1. The van der Waals surface area contributed by atoms with Crippen LogP contribution in [0.2, 0.25) is 0 Å². The summed E-state index contributed by atoms with van der Waals surface area (Å²) in [7, 11) is 1.59. The summed E-state index contributed by atoms with van der Waals surface area (Å²) in [4.78, 5) is 14.3. The van der Waals surface area contributed by atoms with E-state index < -0.39 is 0 Å². The maximum atomic E-state index is 13.1. The molecule has 132 valence electrons. The highest BCUT2D eigenvalue weighted by Gasteiger charge is 2.23. The predicted molar refractivity (Wildman–Crippen MR) is 93.2 cm³/mol. The number of nitrogens with one attached hydrogen (secondary N) is 1. The quantitative estimate of drug-likeness (QED) is 0.906. The van der Waals surface area contributed by atoms with Gasteiger partial charge >= 0.3 is 0 Å². The Bertz CT molecular complexity index is 721. The van der Waals surface area contributed by atoms with Gasteiger partial charge in [0.1, 0.15) is 11.6 Å². The van der Waals surface area contributed by atoms with Crippen LogP contribution < -0.4 is 10.1 Å². The van der Waals surface area contributed by atoms with Gasteiger partial charge in [0.25, 0.3) is 0 Å². The molecule has 1 heterocycles. The van der Waals surface area contributed by atoms with E-state index in [4.69, 9.17) is 9.47 Å². The van der Waals surface area contributed by atoms with E-state index in [0.717, 1.165) is 5.56 Å². The van der Waals surface area contributed by atoms with E-state index in [0.29, 0.717) is 31.1 Å². The number of carbonyl (C=O) groups excluding carboxylic acids is 1. The minimum Gasteiger partial charge on any atom is -0.497 e. The molecule has 0 aromatic heterocycles. The fourth-order valence-corrected chi connectivity index (χ4v) is 2.83. The molecule has 1 saturated heterocycles. The molecule has 0 radical (unpaired) electrons. The molecule has 25 heavy (non-hydrogen) atoms. The molecule has 1 N–H and O–H groups in total. The van der Waals surface area contributed by atoms with Gasteiger partial charge in [0.05, 0.1) is 26.4 Å². The van der Waals surface area contributed by atoms with Crippen LogP contribution in [-0.2, 0) is 9.53 Å². The average Bonchev–Trinajstić information content (AvgIpc) is 2.62. The van der Waals surface area contributed by atoms with E-state index in [2.05, 4.69) is 5.32 Å². The van der Waals surface area contributed by atoms with Crippen molar-refractivity contribution in [2.45, 2.75) is 6.10 Å². The van der Waals surface area contributed by atoms with Crippen LogP contribution in [0.5, 0.6) is 5.75 Å². The number of hydrogen-bond donors (Lipinski definition) is 1. The van der Waals surface area contributed by atoms with Crippen LogP contribution in [0.25, 0.3) is 0 Å². The van der Waals surface area contributed by atoms with Gasteiger partial charge in [-0.05, 0) is 29.8 Å². The molecule has 1 fully saturated rings. The Hall–Kier alpha value is -2.44. The first kappa shape index (κ1) is 17.4. The number of rotatable bonds is 5. The highest BCUT2D eigenvalue weighted by atomic mass is 19.1. The Morgan fingerprint density at radius 2 is 2.12 bits per heavy atom. The fraction of sp³-hybridized carbons (Fsp3) is 0.316. The molecule has 2 aromatic carbocycles. The highest BCUT2D eigenvalue weighted by molar-refractivity contribution is 5.92. The second-order valence-electron chi connectivity index (χ2n) is 5.93. The lowest BCUT2D eigenvalue weighted by molar-refractivity contribution is -0.119. The van der Waals surface area contributed by atoms with E-state index in [1.165, 1.54) is 12.1 Å². The minimum absolute atomic E-state index is 0.0898. The molecule has 1 atom stereocenters. The second kappa shape index (κ2) is 8.09. The lowest BCUT2D eigenvalue weighted by Crippen LogP contribution is -2.42. The predicted octanol–water partition coefficient (Wildman–Crippen LogP) is 2.85. The van der Waals surface area contributed by atoms with Gasteiger partial charge in [-0.3, -0.25) is 9.69 Å². The normalized spacial score (nSPS) is 17.9. The molecule has 0 aliphatic carbocycles. The molecular formula is C19H21FN2O3. The van der Waals surface area contributed by atoms with Gasteiger partial charge in [-0.15, -0.1) is 0 Å². The van der Waals surface area contributed by atoms with Crippen molar-refractivity contribution in [3.63, 3.8) is 0 Å². The molecule has 3 rings (SSSR count). The van der Waals surface area contributed by atoms with E-state index in [1.807, 2.05) is 23.1 Å². The van der Waals surface area contributed by atoms with E-state index in [1.54, 1.807) is 25.3 Å². The molecule has 0 saturated carbocycles. The van der Waals surface area contributed by atoms with Gasteiger partial charge in [0, 0.05) is 24.8 Å². The lowest BCUT2D eigenvalue weighted by atomic mass is 10.1. The standard InChI is InChI=1S/C19H21FN2O3/c1-24-17-4-2-3-16(11-17)21-19(23)13-22-9-10-25-18(12-22)14-5-7-15(20)8-6-14/h2-8,11,18H,9-10,12-13H2,1H3,(H,21,23)/t18-/m1/s1. The summed E-state index contributed by atoms with van der Waals surface area (Å²) in [5.41, 5.74) is 1.62. The lowest BCUT2D eigenvalue weighted by Gasteiger charge is -2.32. The zero-order chi connectivity index (χ0) is 17.6. The SMILES string of the molecule is COc1cccc(NC(=O)CN2CCO[C@@H](c3ccc(F)cc3)C2)c1. The second-order valence-corrected chi connectivity index (χ2v) is 5.93. The average molecular weight is 344 g/mol. The van der Waals surface area contributed by atoms with E-state index in [-0.39, 0.29) is 24.4 Å². The van der Waals surface area contributed by atoms with Crippen LogP contribution in [0.15, 0.2) is 48.5 Å². The third-order valence-electron chi connectivity index (χ3n) is 4.11. The Labute approximate surface area is 146 Å². The number of carbonyl (C=O) groups is 1. The van der Waals surface area contributed by atoms with Crippen molar-refractivity contribution < 1.29 is 18.7 Å². The monoisotopic (exact) mass is 344 g/mol. The molecule has 6 heteroatoms. The van der Waals surface area contributed by atoms with Gasteiger partial charge in [-0.25, -0.2) is 4.39 Å². The van der Waals surface area contributed by atoms with Crippen LogP contribution in [-0.4, -0.2) is 44.2 Å². The number of amides is 1. The summed E-state index contributed by atoms with van der Waals surface area (Å²) >= 11 is 0. The molecule has 1 amide bonds. The third kappa shape index (κ3) is 4.78. The smallest absolute Gasteiger partial charge is 0.238 e. The maximum Gasteiger partial charge on any atom is 0.238 e. The summed E-state index contributed by atoms with van der Waals surface area (Å²) in [6.07, 6.45) is -0.154. The summed E-state index contributed by atoms with van der Waals surface area (Å²) in [6.45, 7) is 2.09. The van der Waals surface area contributed by atoms with Crippen molar-refractivity contribution in [3.8, 4) is 5.75 Å². The van der Waals surface area contributed by atoms with Crippen LogP contribution in [0.3, 0.4) is 0 Å². The van der Waals surface area contributed by atoms with Crippen molar-refractivity contribution in [2.75, 3.05) is 38.7 Å². The number of hydrogen-bond acceptors (Lipinski definition) is 4. The molecule has 0 spiro atoms. The van der Waals surface area contributed by atoms with Crippen molar-refractivity contribution in [1.82, 2.24) is 4.90 Å². The molecule has 0 unspecified atom stereocenters. The molecule has 1 aliphatic heterocycles. The summed E-state index contributed by atoms with van der Waals surface area (Å²) in [5.74, 6) is 0.336. The largest absolute Gasteiger partial charge is 0.497 e. The van der Waals surface area contributed by atoms with E-state index >= 15 is 0 Å². The first-order valence-electron chi connectivity index (χ1n) is 8.17. The number of ether oxygens (including phenoxy) is 2. The summed E-state index contributed by atoms with van der Waals surface area (Å²) in [5, 5.41) is 2.87. The zero-order valence-electron chi connectivity index (χ0n) is 14.1. The van der Waals surface area contributed by atoms with Crippen molar-refractivity contribution in [1.29, 1.82) is 0 Å². The van der Waals surface area contributed by atoms with Crippen LogP contribution in [0, 0.1) is 5.82 Å². The molecule has 5 nitrogen and oxygen atoms in total. The topological polar surface area (TPSA) is 50.8 Å². The first-order chi connectivity index (χ1) is 12.1. The zero-order valence-corrected chi connectivity index (χ0v) is 14.1. The fourth-order valence-electron chi connectivity index (χ4n) is 2.83. The Morgan fingerprint density at radius 3 is 2.88 bits per heavy atom. The Kier molecular flexibility index (Phi) is 5.63. The first-order valence-corrected chi connectivity index (χ1v) is 8.17. The van der Waals surface area contributed by atoms with Crippen molar-refractivity contribution in [3.05, 3.63) is 59.9 Å². The summed E-state index contributed by atoms with van der Waals surface area (Å²) in [6, 6.07) is 13.5. The Morgan fingerprint density at radius 1 is 1.32 bits per heavy atom. The van der Waals surface area contributed by atoms with E-state index in [9.17, 15) is 9.18 Å². The van der Waals surface area contributed by atoms with Crippen LogP contribution in [0.1, 0.15) is 11.7 Å². The minimum atomic E-state index is -0.269. The third-order valence-corrected chi connectivity index (χ3v) is 4.11. The van der Waals surface area contributed by atoms with Crippen LogP contribution in [0.4, 0.5) is 10.1 Å². The van der Waals surface area contributed by atoms with Gasteiger partial charge in [0.15, 0.2) is 0 Å². The summed E-state index contributed by atoms with van der Waals surface area (Å²) < 4.78 is 24.0. The number of benzene rings is 2. The molecular weight excluding hydrogens is 323 g/mol. The van der Waals surface area contributed by atoms with Crippen molar-refractivity contribution >= 4 is 11.6 Å². The number of nitrogens with zero attached hydrogens (tertiary/aromatic N) is 1. The van der Waals surface area contributed by atoms with Crippen molar-refractivity contribution in [2.24, 2.45) is 0 Å². The van der Waals surface area contributed by atoms with Crippen LogP contribution >= 0.6 is 0 Å². The molecule has 1 aliphatic rings. The number of morpholine rings is 1.